The average molecular weight is 164 g/mol. The molecule has 12 heavy (non-hydrogen) atoms. The van der Waals surface area contributed by atoms with Gasteiger partial charge in [0.1, 0.15) is 5.69 Å². The molecular weight excluding hydrogens is 156 g/mol. The van der Waals surface area contributed by atoms with E-state index in [2.05, 4.69) is 16.1 Å². The topological polar surface area (TPSA) is 55.0 Å². The summed E-state index contributed by atoms with van der Waals surface area (Å²) < 4.78 is 4.80. The molecule has 4 nitrogen and oxygen atoms in total. The molecular formula is C8H8N2O2. The molecule has 4 heteroatoms. The van der Waals surface area contributed by atoms with Crippen molar-refractivity contribution in [1.29, 1.82) is 0 Å². The predicted molar refractivity (Wildman–Crippen MR) is 42.3 cm³/mol. The second-order valence-electron chi connectivity index (χ2n) is 2.18. The smallest absolute Gasteiger partial charge is 0.357 e. The number of carbonyl (C=O) groups is 1. The normalized spacial score (nSPS) is 11.7. The first-order valence-corrected chi connectivity index (χ1v) is 3.40. The zero-order valence-electron chi connectivity index (χ0n) is 6.57. The fourth-order valence-corrected chi connectivity index (χ4v) is 0.628. The number of terminal acetylenes is 1. The van der Waals surface area contributed by atoms with Gasteiger partial charge in [-0.25, -0.2) is 4.79 Å². The number of ether oxygens (including phenoxy) is 1. The summed E-state index contributed by atoms with van der Waals surface area (Å²) in [5.74, 6) is 1.79. The molecule has 62 valence electrons. The van der Waals surface area contributed by atoms with Crippen molar-refractivity contribution in [2.75, 3.05) is 0 Å². The molecule has 0 aliphatic heterocycles. The molecule has 0 saturated carbocycles. The van der Waals surface area contributed by atoms with E-state index >= 15 is 0 Å². The third kappa shape index (κ3) is 1.86. The Morgan fingerprint density at radius 2 is 2.67 bits per heavy atom. The van der Waals surface area contributed by atoms with Gasteiger partial charge in [0.15, 0.2) is 6.10 Å². The SMILES string of the molecule is C#CC(C)OC(=O)c1ccn[nH]1. The van der Waals surface area contributed by atoms with Gasteiger partial charge in [-0.05, 0) is 13.0 Å². The first kappa shape index (κ1) is 8.34. The van der Waals surface area contributed by atoms with Crippen molar-refractivity contribution in [2.45, 2.75) is 13.0 Å². The maximum atomic E-state index is 11.1. The van der Waals surface area contributed by atoms with Crippen molar-refractivity contribution < 1.29 is 9.53 Å². The van der Waals surface area contributed by atoms with Crippen molar-refractivity contribution in [2.24, 2.45) is 0 Å². The van der Waals surface area contributed by atoms with E-state index in [-0.39, 0.29) is 0 Å². The zero-order chi connectivity index (χ0) is 8.97. The summed E-state index contributed by atoms with van der Waals surface area (Å²) in [6, 6.07) is 1.52. The number of hydrogen-bond donors (Lipinski definition) is 1. The van der Waals surface area contributed by atoms with Crippen LogP contribution < -0.4 is 0 Å². The molecule has 0 fully saturated rings. The number of H-pyrrole nitrogens is 1. The Hall–Kier alpha value is -1.76. The lowest BCUT2D eigenvalue weighted by molar-refractivity contribution is 0.0432. The highest BCUT2D eigenvalue weighted by Gasteiger charge is 2.10. The van der Waals surface area contributed by atoms with Crippen LogP contribution in [0.1, 0.15) is 17.4 Å². The number of hydrogen-bond acceptors (Lipinski definition) is 3. The van der Waals surface area contributed by atoms with Crippen molar-refractivity contribution >= 4 is 5.97 Å². The van der Waals surface area contributed by atoms with E-state index in [0.29, 0.717) is 5.69 Å². The molecule has 0 aliphatic rings. The van der Waals surface area contributed by atoms with Crippen LogP contribution in [0.3, 0.4) is 0 Å². The number of nitrogens with zero attached hydrogens (tertiary/aromatic N) is 1. The molecule has 0 aromatic carbocycles. The van der Waals surface area contributed by atoms with Crippen LogP contribution in [0.25, 0.3) is 0 Å². The van der Waals surface area contributed by atoms with Crippen LogP contribution in [0.15, 0.2) is 12.3 Å². The maximum Gasteiger partial charge on any atom is 0.357 e. The number of rotatable bonds is 2. The molecule has 0 saturated heterocycles. The van der Waals surface area contributed by atoms with Crippen LogP contribution in [-0.2, 0) is 4.74 Å². The van der Waals surface area contributed by atoms with Crippen molar-refractivity contribution in [3.8, 4) is 12.3 Å². The Morgan fingerprint density at radius 1 is 1.92 bits per heavy atom. The molecule has 1 atom stereocenters. The third-order valence-electron chi connectivity index (χ3n) is 1.24. The Bertz CT molecular complexity index is 297. The monoisotopic (exact) mass is 164 g/mol. The lowest BCUT2D eigenvalue weighted by Crippen LogP contribution is -2.13. The second-order valence-corrected chi connectivity index (χ2v) is 2.18. The van der Waals surface area contributed by atoms with E-state index in [1.807, 2.05) is 0 Å². The van der Waals surface area contributed by atoms with Gasteiger partial charge in [0.25, 0.3) is 0 Å². The van der Waals surface area contributed by atoms with Crippen molar-refractivity contribution in [3.63, 3.8) is 0 Å². The van der Waals surface area contributed by atoms with Gasteiger partial charge < -0.3 is 4.74 Å². The quantitative estimate of drug-likeness (QED) is 0.514. The molecule has 1 aromatic rings. The number of aromatic nitrogens is 2. The predicted octanol–water partition coefficient (Wildman–Crippen LogP) is 0.588. The summed E-state index contributed by atoms with van der Waals surface area (Å²) >= 11 is 0. The molecule has 1 N–H and O–H groups in total. The Balaban J connectivity index is 2.57. The molecule has 0 aliphatic carbocycles. The maximum absolute atomic E-state index is 11.1. The van der Waals surface area contributed by atoms with Crippen LogP contribution in [-0.4, -0.2) is 22.3 Å². The number of nitrogens with one attached hydrogen (secondary N) is 1. The number of carbonyl (C=O) groups excluding carboxylic acids is 1. The van der Waals surface area contributed by atoms with E-state index in [1.54, 1.807) is 6.92 Å². The molecule has 0 spiro atoms. The van der Waals surface area contributed by atoms with Crippen LogP contribution in [0, 0.1) is 12.3 Å². The largest absolute Gasteiger partial charge is 0.445 e. The first-order chi connectivity index (χ1) is 5.74. The Kier molecular flexibility index (Phi) is 2.49. The van der Waals surface area contributed by atoms with Gasteiger partial charge in [-0.1, -0.05) is 5.92 Å². The van der Waals surface area contributed by atoms with E-state index < -0.39 is 12.1 Å². The minimum absolute atomic E-state index is 0.303. The first-order valence-electron chi connectivity index (χ1n) is 3.40. The zero-order valence-corrected chi connectivity index (χ0v) is 6.57. The van der Waals surface area contributed by atoms with E-state index in [1.165, 1.54) is 12.3 Å². The van der Waals surface area contributed by atoms with Gasteiger partial charge in [0, 0.05) is 6.20 Å². The van der Waals surface area contributed by atoms with Crippen LogP contribution in [0.5, 0.6) is 0 Å². The highest BCUT2D eigenvalue weighted by Crippen LogP contribution is 1.98. The van der Waals surface area contributed by atoms with Gasteiger partial charge in [0.2, 0.25) is 0 Å². The Labute approximate surface area is 69.9 Å². The van der Waals surface area contributed by atoms with E-state index in [0.717, 1.165) is 0 Å². The summed E-state index contributed by atoms with van der Waals surface area (Å²) in [7, 11) is 0. The highest BCUT2D eigenvalue weighted by atomic mass is 16.5. The Morgan fingerprint density at radius 3 is 3.17 bits per heavy atom. The minimum atomic E-state index is -0.513. The molecule has 0 amide bonds. The summed E-state index contributed by atoms with van der Waals surface area (Å²) in [5, 5.41) is 6.07. The molecule has 0 radical (unpaired) electrons. The molecule has 1 rings (SSSR count). The van der Waals surface area contributed by atoms with Crippen molar-refractivity contribution in [3.05, 3.63) is 18.0 Å². The lowest BCUT2D eigenvalue weighted by Gasteiger charge is -2.04. The van der Waals surface area contributed by atoms with Crippen LogP contribution >= 0.6 is 0 Å². The summed E-state index contributed by atoms with van der Waals surface area (Å²) in [6.45, 7) is 1.62. The fraction of sp³-hybridized carbons (Fsp3) is 0.250. The summed E-state index contributed by atoms with van der Waals surface area (Å²) in [5.41, 5.74) is 0.303. The average Bonchev–Trinajstić information content (AvgIpc) is 2.56. The van der Waals surface area contributed by atoms with Crippen LogP contribution in [0.4, 0.5) is 0 Å². The standard InChI is InChI=1S/C8H8N2O2/c1-3-6(2)12-8(11)7-4-5-9-10-7/h1,4-6H,2H3,(H,9,10). The minimum Gasteiger partial charge on any atom is -0.445 e. The fourth-order valence-electron chi connectivity index (χ4n) is 0.628. The molecule has 0 bridgehead atoms. The van der Waals surface area contributed by atoms with Gasteiger partial charge in [-0.15, -0.1) is 6.42 Å². The molecule has 1 heterocycles. The molecule has 1 unspecified atom stereocenters. The van der Waals surface area contributed by atoms with E-state index in [4.69, 9.17) is 11.2 Å². The number of esters is 1. The molecule has 1 aromatic heterocycles. The summed E-state index contributed by atoms with van der Waals surface area (Å²) in [4.78, 5) is 11.1. The lowest BCUT2D eigenvalue weighted by atomic mass is 10.4. The van der Waals surface area contributed by atoms with Crippen molar-refractivity contribution in [1.82, 2.24) is 10.2 Å². The van der Waals surface area contributed by atoms with Gasteiger partial charge >= 0.3 is 5.97 Å². The summed E-state index contributed by atoms with van der Waals surface area (Å²) in [6.07, 6.45) is 5.98. The van der Waals surface area contributed by atoms with E-state index in [9.17, 15) is 4.79 Å². The third-order valence-corrected chi connectivity index (χ3v) is 1.24. The van der Waals surface area contributed by atoms with Crippen LogP contribution in [0.2, 0.25) is 0 Å². The van der Waals surface area contributed by atoms with Gasteiger partial charge in [0.05, 0.1) is 0 Å². The second kappa shape index (κ2) is 3.58. The van der Waals surface area contributed by atoms with Gasteiger partial charge in [-0.2, -0.15) is 5.10 Å². The van der Waals surface area contributed by atoms with Gasteiger partial charge in [-0.3, -0.25) is 5.10 Å². The number of aromatic amines is 1. The highest BCUT2D eigenvalue weighted by molar-refractivity contribution is 5.87.